The standard InChI is InChI=1S/C10H10F2N2O2/c1-13-5-10(11,12)6-2-3-8-7(4-6)14-9(15)16-8/h2-4,13H,5H2,1H3,(H,14,15). The molecule has 16 heavy (non-hydrogen) atoms. The van der Waals surface area contributed by atoms with Crippen molar-refractivity contribution in [3.63, 3.8) is 0 Å². The van der Waals surface area contributed by atoms with Crippen molar-refractivity contribution in [1.82, 2.24) is 10.3 Å². The normalized spacial score (nSPS) is 12.2. The maximum absolute atomic E-state index is 13.5. The van der Waals surface area contributed by atoms with Gasteiger partial charge in [0.15, 0.2) is 5.58 Å². The molecule has 4 nitrogen and oxygen atoms in total. The van der Waals surface area contributed by atoms with E-state index in [1.54, 1.807) is 0 Å². The van der Waals surface area contributed by atoms with E-state index in [1.807, 2.05) is 0 Å². The van der Waals surface area contributed by atoms with Crippen LogP contribution in [0.4, 0.5) is 8.78 Å². The minimum atomic E-state index is -2.98. The number of aromatic nitrogens is 1. The Morgan fingerprint density at radius 1 is 1.50 bits per heavy atom. The van der Waals surface area contributed by atoms with E-state index in [0.29, 0.717) is 0 Å². The lowest BCUT2D eigenvalue weighted by Gasteiger charge is -2.15. The first-order valence-electron chi connectivity index (χ1n) is 4.69. The summed E-state index contributed by atoms with van der Waals surface area (Å²) in [5, 5.41) is 2.41. The molecule has 0 fully saturated rings. The first kappa shape index (κ1) is 10.8. The van der Waals surface area contributed by atoms with Crippen LogP contribution in [0.25, 0.3) is 11.1 Å². The molecule has 0 unspecified atom stereocenters. The van der Waals surface area contributed by atoms with Crippen LogP contribution in [0.1, 0.15) is 5.56 Å². The number of halogens is 2. The van der Waals surface area contributed by atoms with Crippen molar-refractivity contribution in [2.75, 3.05) is 13.6 Å². The Morgan fingerprint density at radius 3 is 2.94 bits per heavy atom. The molecule has 0 aliphatic rings. The predicted molar refractivity (Wildman–Crippen MR) is 54.7 cm³/mol. The molecule has 0 saturated carbocycles. The molecule has 0 radical (unpaired) electrons. The van der Waals surface area contributed by atoms with Gasteiger partial charge in [0.05, 0.1) is 12.1 Å². The summed E-state index contributed by atoms with van der Waals surface area (Å²) in [4.78, 5) is 13.2. The number of hydrogen-bond donors (Lipinski definition) is 2. The molecule has 6 heteroatoms. The molecule has 2 aromatic rings. The van der Waals surface area contributed by atoms with Gasteiger partial charge in [0.25, 0.3) is 5.92 Å². The number of alkyl halides is 2. The number of H-pyrrole nitrogens is 1. The number of aromatic amines is 1. The summed E-state index contributed by atoms with van der Waals surface area (Å²) in [7, 11) is 1.45. The summed E-state index contributed by atoms with van der Waals surface area (Å²) in [5.41, 5.74) is 0.388. The van der Waals surface area contributed by atoms with E-state index in [4.69, 9.17) is 4.42 Å². The highest BCUT2D eigenvalue weighted by Gasteiger charge is 2.30. The average molecular weight is 228 g/mol. The van der Waals surface area contributed by atoms with Crippen molar-refractivity contribution >= 4 is 11.1 Å². The van der Waals surface area contributed by atoms with Gasteiger partial charge in [-0.15, -0.1) is 0 Å². The lowest BCUT2D eigenvalue weighted by atomic mass is 10.1. The molecule has 2 rings (SSSR count). The lowest BCUT2D eigenvalue weighted by molar-refractivity contribution is -0.00114. The highest BCUT2D eigenvalue weighted by Crippen LogP contribution is 2.28. The molecule has 0 saturated heterocycles. The van der Waals surface area contributed by atoms with Crippen molar-refractivity contribution in [3.8, 4) is 0 Å². The van der Waals surface area contributed by atoms with Gasteiger partial charge in [-0.1, -0.05) is 0 Å². The van der Waals surface area contributed by atoms with Crippen molar-refractivity contribution in [3.05, 3.63) is 34.3 Å². The molecule has 0 atom stereocenters. The van der Waals surface area contributed by atoms with Gasteiger partial charge in [-0.05, 0) is 25.2 Å². The zero-order valence-electron chi connectivity index (χ0n) is 8.51. The fraction of sp³-hybridized carbons (Fsp3) is 0.300. The number of likely N-dealkylation sites (N-methyl/N-ethyl adjacent to an activating group) is 1. The number of benzene rings is 1. The van der Waals surface area contributed by atoms with Crippen LogP contribution in [0, 0.1) is 0 Å². The van der Waals surface area contributed by atoms with E-state index in [9.17, 15) is 13.6 Å². The Bertz CT molecular complexity index is 559. The predicted octanol–water partition coefficient (Wildman–Crippen LogP) is 1.43. The lowest BCUT2D eigenvalue weighted by Crippen LogP contribution is -2.27. The van der Waals surface area contributed by atoms with Crippen LogP contribution in [0.2, 0.25) is 0 Å². The minimum Gasteiger partial charge on any atom is -0.408 e. The third-order valence-electron chi connectivity index (χ3n) is 2.24. The van der Waals surface area contributed by atoms with E-state index >= 15 is 0 Å². The second-order valence-electron chi connectivity index (χ2n) is 3.46. The third kappa shape index (κ3) is 1.83. The Morgan fingerprint density at radius 2 is 2.25 bits per heavy atom. The molecule has 1 heterocycles. The number of oxazole rings is 1. The smallest absolute Gasteiger partial charge is 0.408 e. The Labute approximate surface area is 89.3 Å². The van der Waals surface area contributed by atoms with Gasteiger partial charge in [-0.2, -0.15) is 8.78 Å². The molecule has 0 aliphatic carbocycles. The largest absolute Gasteiger partial charge is 0.417 e. The van der Waals surface area contributed by atoms with Crippen LogP contribution in [0.5, 0.6) is 0 Å². The topological polar surface area (TPSA) is 58.0 Å². The van der Waals surface area contributed by atoms with Crippen LogP contribution in [-0.4, -0.2) is 18.6 Å². The number of hydrogen-bond acceptors (Lipinski definition) is 3. The Balaban J connectivity index is 2.49. The molecular formula is C10H10F2N2O2. The van der Waals surface area contributed by atoms with Crippen LogP contribution in [0.15, 0.2) is 27.4 Å². The highest BCUT2D eigenvalue weighted by atomic mass is 19.3. The van der Waals surface area contributed by atoms with Gasteiger partial charge in [-0.25, -0.2) is 4.79 Å². The van der Waals surface area contributed by atoms with E-state index in [0.717, 1.165) is 0 Å². The van der Waals surface area contributed by atoms with Crippen LogP contribution >= 0.6 is 0 Å². The van der Waals surface area contributed by atoms with Crippen molar-refractivity contribution in [2.45, 2.75) is 5.92 Å². The molecule has 0 aliphatic heterocycles. The van der Waals surface area contributed by atoms with E-state index in [1.165, 1.54) is 25.2 Å². The summed E-state index contributed by atoms with van der Waals surface area (Å²) < 4.78 is 31.7. The van der Waals surface area contributed by atoms with Crippen molar-refractivity contribution in [1.29, 1.82) is 0 Å². The van der Waals surface area contributed by atoms with Gasteiger partial charge >= 0.3 is 5.76 Å². The summed E-state index contributed by atoms with van der Waals surface area (Å²) in [5.74, 6) is -3.62. The molecule has 1 aromatic heterocycles. The maximum Gasteiger partial charge on any atom is 0.417 e. The highest BCUT2D eigenvalue weighted by molar-refractivity contribution is 5.73. The van der Waals surface area contributed by atoms with E-state index in [-0.39, 0.29) is 16.7 Å². The van der Waals surface area contributed by atoms with Gasteiger partial charge in [-0.3, -0.25) is 4.98 Å². The number of fused-ring (bicyclic) bond motifs is 1. The average Bonchev–Trinajstić information content (AvgIpc) is 2.56. The summed E-state index contributed by atoms with van der Waals surface area (Å²) in [6, 6.07) is 3.82. The number of nitrogens with one attached hydrogen (secondary N) is 2. The molecule has 0 bridgehead atoms. The Kier molecular flexibility index (Phi) is 2.51. The quantitative estimate of drug-likeness (QED) is 0.835. The molecule has 0 spiro atoms. The third-order valence-corrected chi connectivity index (χ3v) is 2.24. The second-order valence-corrected chi connectivity index (χ2v) is 3.46. The number of rotatable bonds is 3. The van der Waals surface area contributed by atoms with Gasteiger partial charge < -0.3 is 9.73 Å². The fourth-order valence-electron chi connectivity index (χ4n) is 1.50. The summed E-state index contributed by atoms with van der Waals surface area (Å²) in [6.45, 7) is -0.458. The van der Waals surface area contributed by atoms with Crippen LogP contribution < -0.4 is 11.1 Å². The first-order valence-corrected chi connectivity index (χ1v) is 4.69. The molecule has 0 amide bonds. The maximum atomic E-state index is 13.5. The zero-order chi connectivity index (χ0) is 11.8. The SMILES string of the molecule is CNCC(F)(F)c1ccc2oc(=O)[nH]c2c1. The van der Waals surface area contributed by atoms with Gasteiger partial charge in [0, 0.05) is 5.56 Å². The molecule has 1 aromatic carbocycles. The fourth-order valence-corrected chi connectivity index (χ4v) is 1.50. The zero-order valence-corrected chi connectivity index (χ0v) is 8.51. The first-order chi connectivity index (χ1) is 7.53. The summed E-state index contributed by atoms with van der Waals surface area (Å²) >= 11 is 0. The summed E-state index contributed by atoms with van der Waals surface area (Å²) in [6.07, 6.45) is 0. The molecular weight excluding hydrogens is 218 g/mol. The molecule has 2 N–H and O–H groups in total. The van der Waals surface area contributed by atoms with Gasteiger partial charge in [0.2, 0.25) is 0 Å². The van der Waals surface area contributed by atoms with E-state index < -0.39 is 18.2 Å². The van der Waals surface area contributed by atoms with Crippen LogP contribution in [0.3, 0.4) is 0 Å². The molecule has 86 valence electrons. The monoisotopic (exact) mass is 228 g/mol. The van der Waals surface area contributed by atoms with Crippen molar-refractivity contribution in [2.24, 2.45) is 0 Å². The van der Waals surface area contributed by atoms with Crippen molar-refractivity contribution < 1.29 is 13.2 Å². The van der Waals surface area contributed by atoms with E-state index in [2.05, 4.69) is 10.3 Å². The second kappa shape index (κ2) is 3.71. The Hall–Kier alpha value is -1.69. The van der Waals surface area contributed by atoms with Crippen LogP contribution in [-0.2, 0) is 5.92 Å². The minimum absolute atomic E-state index is 0.161. The van der Waals surface area contributed by atoms with Gasteiger partial charge in [0.1, 0.15) is 0 Å².